The number of carboxylic acids is 1. The molecule has 1 unspecified atom stereocenters. The molecule has 1 fully saturated rings. The quantitative estimate of drug-likeness (QED) is 0.553. The zero-order valence-electron chi connectivity index (χ0n) is 10.5. The SMILES string of the molecule is C#CCCCNC(=O)N1CCC(CCC(=O)O)C1. The number of amides is 2. The Bertz CT molecular complexity index is 336. The second-order valence-electron chi connectivity index (χ2n) is 4.57. The molecule has 18 heavy (non-hydrogen) atoms. The van der Waals surface area contributed by atoms with Crippen molar-refractivity contribution in [2.24, 2.45) is 5.92 Å². The maximum Gasteiger partial charge on any atom is 0.317 e. The van der Waals surface area contributed by atoms with Crippen molar-refractivity contribution in [2.45, 2.75) is 32.1 Å². The number of carboxylic acid groups (broad SMARTS) is 1. The number of hydrogen-bond acceptors (Lipinski definition) is 2. The number of likely N-dealkylation sites (tertiary alicyclic amines) is 1. The molecule has 1 aliphatic heterocycles. The van der Waals surface area contributed by atoms with Gasteiger partial charge in [0.2, 0.25) is 0 Å². The zero-order chi connectivity index (χ0) is 13.4. The standard InChI is InChI=1S/C13H20N2O3/c1-2-3-4-8-14-13(18)15-9-7-11(10-15)5-6-12(16)17/h1,11H,3-10H2,(H,14,18)(H,16,17). The van der Waals surface area contributed by atoms with Crippen LogP contribution in [0.2, 0.25) is 0 Å². The fourth-order valence-corrected chi connectivity index (χ4v) is 2.08. The lowest BCUT2D eigenvalue weighted by Gasteiger charge is -2.17. The number of unbranched alkanes of at least 4 members (excludes halogenated alkanes) is 1. The molecule has 100 valence electrons. The fourth-order valence-electron chi connectivity index (χ4n) is 2.08. The van der Waals surface area contributed by atoms with Gasteiger partial charge in [-0.2, -0.15) is 0 Å². The molecule has 0 radical (unpaired) electrons. The van der Waals surface area contributed by atoms with Crippen LogP contribution in [0, 0.1) is 18.3 Å². The molecule has 0 aromatic heterocycles. The molecule has 2 amide bonds. The molecule has 1 saturated heterocycles. The molecule has 0 aromatic carbocycles. The van der Waals surface area contributed by atoms with Gasteiger partial charge in [-0.25, -0.2) is 4.79 Å². The molecular formula is C13H20N2O3. The average Bonchev–Trinajstić information content (AvgIpc) is 2.80. The number of terminal acetylenes is 1. The van der Waals surface area contributed by atoms with Crippen LogP contribution in [0.3, 0.4) is 0 Å². The minimum atomic E-state index is -0.771. The van der Waals surface area contributed by atoms with E-state index in [2.05, 4.69) is 11.2 Å². The number of nitrogens with one attached hydrogen (secondary N) is 1. The second kappa shape index (κ2) is 7.59. The highest BCUT2D eigenvalue weighted by molar-refractivity contribution is 5.74. The number of urea groups is 1. The van der Waals surface area contributed by atoms with Gasteiger partial charge in [-0.1, -0.05) is 0 Å². The van der Waals surface area contributed by atoms with Gasteiger partial charge >= 0.3 is 12.0 Å². The molecule has 5 nitrogen and oxygen atoms in total. The van der Waals surface area contributed by atoms with Crippen LogP contribution in [-0.4, -0.2) is 41.6 Å². The van der Waals surface area contributed by atoms with Crippen LogP contribution in [0.4, 0.5) is 4.79 Å². The molecule has 2 N–H and O–H groups in total. The van der Waals surface area contributed by atoms with Gasteiger partial charge in [-0.05, 0) is 25.2 Å². The Balaban J connectivity index is 2.18. The van der Waals surface area contributed by atoms with Gasteiger partial charge in [0, 0.05) is 32.5 Å². The smallest absolute Gasteiger partial charge is 0.317 e. The maximum absolute atomic E-state index is 11.7. The third-order valence-corrected chi connectivity index (χ3v) is 3.11. The normalized spacial score (nSPS) is 18.4. The van der Waals surface area contributed by atoms with Crippen molar-refractivity contribution in [1.29, 1.82) is 0 Å². The maximum atomic E-state index is 11.7. The Morgan fingerprint density at radius 3 is 2.94 bits per heavy atom. The van der Waals surface area contributed by atoms with E-state index >= 15 is 0 Å². The summed E-state index contributed by atoms with van der Waals surface area (Å²) in [6.45, 7) is 1.97. The lowest BCUT2D eigenvalue weighted by Crippen LogP contribution is -2.38. The first-order valence-electron chi connectivity index (χ1n) is 6.31. The lowest BCUT2D eigenvalue weighted by atomic mass is 10.0. The van der Waals surface area contributed by atoms with Crippen molar-refractivity contribution < 1.29 is 14.7 Å². The summed E-state index contributed by atoms with van der Waals surface area (Å²) in [5.74, 6) is 2.07. The van der Waals surface area contributed by atoms with Gasteiger partial charge in [0.05, 0.1) is 0 Å². The summed E-state index contributed by atoms with van der Waals surface area (Å²) in [6, 6.07) is -0.0650. The summed E-state index contributed by atoms with van der Waals surface area (Å²) in [7, 11) is 0. The summed E-state index contributed by atoms with van der Waals surface area (Å²) in [6.07, 6.45) is 8.31. The van der Waals surface area contributed by atoms with Gasteiger partial charge in [0.1, 0.15) is 0 Å². The van der Waals surface area contributed by atoms with E-state index in [4.69, 9.17) is 11.5 Å². The van der Waals surface area contributed by atoms with Crippen LogP contribution in [0.25, 0.3) is 0 Å². The van der Waals surface area contributed by atoms with Crippen molar-refractivity contribution in [3.63, 3.8) is 0 Å². The van der Waals surface area contributed by atoms with Crippen molar-refractivity contribution in [3.05, 3.63) is 0 Å². The third-order valence-electron chi connectivity index (χ3n) is 3.11. The average molecular weight is 252 g/mol. The van der Waals surface area contributed by atoms with E-state index in [1.54, 1.807) is 4.90 Å². The third kappa shape index (κ3) is 5.09. The molecule has 1 heterocycles. The number of carbonyl (C=O) groups excluding carboxylic acids is 1. The van der Waals surface area contributed by atoms with Crippen molar-refractivity contribution in [2.75, 3.05) is 19.6 Å². The Hall–Kier alpha value is -1.70. The molecule has 1 rings (SSSR count). The fraction of sp³-hybridized carbons (Fsp3) is 0.692. The molecule has 1 aliphatic rings. The molecule has 5 heteroatoms. The van der Waals surface area contributed by atoms with E-state index in [0.717, 1.165) is 12.8 Å². The van der Waals surface area contributed by atoms with E-state index in [0.29, 0.717) is 38.4 Å². The Kier molecular flexibility index (Phi) is 6.06. The van der Waals surface area contributed by atoms with Crippen molar-refractivity contribution in [3.8, 4) is 12.3 Å². The first-order valence-corrected chi connectivity index (χ1v) is 6.31. The van der Waals surface area contributed by atoms with Crippen LogP contribution < -0.4 is 5.32 Å². The largest absolute Gasteiger partial charge is 0.481 e. The van der Waals surface area contributed by atoms with Crippen LogP contribution in [0.15, 0.2) is 0 Å². The summed E-state index contributed by atoms with van der Waals surface area (Å²) in [4.78, 5) is 24.0. The monoisotopic (exact) mass is 252 g/mol. The molecule has 0 aliphatic carbocycles. The highest BCUT2D eigenvalue weighted by Crippen LogP contribution is 2.20. The van der Waals surface area contributed by atoms with E-state index in [-0.39, 0.29) is 12.5 Å². The van der Waals surface area contributed by atoms with E-state index in [9.17, 15) is 9.59 Å². The van der Waals surface area contributed by atoms with Crippen LogP contribution in [0.1, 0.15) is 32.1 Å². The predicted molar refractivity (Wildman–Crippen MR) is 68.0 cm³/mol. The first kappa shape index (κ1) is 14.4. The Morgan fingerprint density at radius 1 is 1.50 bits per heavy atom. The molecular weight excluding hydrogens is 232 g/mol. The molecule has 0 aromatic rings. The minimum Gasteiger partial charge on any atom is -0.481 e. The second-order valence-corrected chi connectivity index (χ2v) is 4.57. The van der Waals surface area contributed by atoms with Crippen molar-refractivity contribution >= 4 is 12.0 Å². The highest BCUT2D eigenvalue weighted by Gasteiger charge is 2.26. The Morgan fingerprint density at radius 2 is 2.28 bits per heavy atom. The van der Waals surface area contributed by atoms with Crippen LogP contribution in [-0.2, 0) is 4.79 Å². The summed E-state index contributed by atoms with van der Waals surface area (Å²) in [5.41, 5.74) is 0. The number of nitrogens with zero attached hydrogens (tertiary/aromatic N) is 1. The van der Waals surface area contributed by atoms with Crippen molar-refractivity contribution in [1.82, 2.24) is 10.2 Å². The first-order chi connectivity index (χ1) is 8.63. The van der Waals surface area contributed by atoms with E-state index in [1.165, 1.54) is 0 Å². The topological polar surface area (TPSA) is 69.6 Å². The minimum absolute atomic E-state index is 0.0650. The lowest BCUT2D eigenvalue weighted by molar-refractivity contribution is -0.137. The number of carbonyl (C=O) groups is 2. The number of hydrogen-bond donors (Lipinski definition) is 2. The van der Waals surface area contributed by atoms with E-state index in [1.807, 2.05) is 0 Å². The van der Waals surface area contributed by atoms with Gasteiger partial charge in [0.15, 0.2) is 0 Å². The zero-order valence-corrected chi connectivity index (χ0v) is 10.5. The number of aliphatic carboxylic acids is 1. The molecule has 1 atom stereocenters. The summed E-state index contributed by atoms with van der Waals surface area (Å²) in [5, 5.41) is 11.4. The highest BCUT2D eigenvalue weighted by atomic mass is 16.4. The van der Waals surface area contributed by atoms with Gasteiger partial charge < -0.3 is 15.3 Å². The van der Waals surface area contributed by atoms with Crippen LogP contribution in [0.5, 0.6) is 0 Å². The van der Waals surface area contributed by atoms with Gasteiger partial charge in [-0.15, -0.1) is 12.3 Å². The van der Waals surface area contributed by atoms with Crippen LogP contribution >= 0.6 is 0 Å². The van der Waals surface area contributed by atoms with Gasteiger partial charge in [-0.3, -0.25) is 4.79 Å². The van der Waals surface area contributed by atoms with E-state index < -0.39 is 5.97 Å². The number of rotatable bonds is 6. The molecule has 0 bridgehead atoms. The summed E-state index contributed by atoms with van der Waals surface area (Å²) < 4.78 is 0. The Labute approximate surface area is 108 Å². The summed E-state index contributed by atoms with van der Waals surface area (Å²) >= 11 is 0. The van der Waals surface area contributed by atoms with Gasteiger partial charge in [0.25, 0.3) is 0 Å². The molecule has 0 spiro atoms. The molecule has 0 saturated carbocycles. The predicted octanol–water partition coefficient (Wildman–Crippen LogP) is 1.30.